The molecule has 2 heterocycles. The number of pyridine rings is 1. The molecule has 0 saturated carbocycles. The summed E-state index contributed by atoms with van der Waals surface area (Å²) in [4.78, 5) is 8.59. The zero-order chi connectivity index (χ0) is 13.5. The lowest BCUT2D eigenvalue weighted by atomic mass is 10.1. The maximum atomic E-state index is 5.07. The van der Waals surface area contributed by atoms with E-state index in [1.165, 1.54) is 10.6 Å². The van der Waals surface area contributed by atoms with E-state index in [1.807, 2.05) is 23.8 Å². The second-order valence-corrected chi connectivity index (χ2v) is 5.28. The molecule has 102 valence electrons. The van der Waals surface area contributed by atoms with Crippen LogP contribution in [-0.4, -0.2) is 29.7 Å². The summed E-state index contributed by atoms with van der Waals surface area (Å²) in [5.74, 6) is 0.656. The van der Waals surface area contributed by atoms with Gasteiger partial charge in [-0.1, -0.05) is 13.0 Å². The van der Waals surface area contributed by atoms with E-state index in [9.17, 15) is 0 Å². The van der Waals surface area contributed by atoms with Gasteiger partial charge in [0.1, 0.15) is 0 Å². The predicted octanol–water partition coefficient (Wildman–Crippen LogP) is 2.31. The molecule has 0 bridgehead atoms. The second-order valence-electron chi connectivity index (χ2n) is 4.30. The number of hydrogen-bond acceptors (Lipinski definition) is 5. The van der Waals surface area contributed by atoms with Crippen LogP contribution in [0.25, 0.3) is 0 Å². The van der Waals surface area contributed by atoms with Crippen molar-refractivity contribution in [2.24, 2.45) is 0 Å². The molecule has 2 rings (SSSR count). The Labute approximate surface area is 117 Å². The zero-order valence-corrected chi connectivity index (χ0v) is 12.1. The quantitative estimate of drug-likeness (QED) is 0.843. The van der Waals surface area contributed by atoms with Crippen LogP contribution in [0.15, 0.2) is 29.9 Å². The van der Waals surface area contributed by atoms with E-state index in [0.29, 0.717) is 11.9 Å². The standard InChI is InChI=1S/C14H19N3OS/c1-3-15-12(9-14-16-6-7-19-14)8-11-4-5-13(18-2)17-10-11/h4-7,10,12,15H,3,8-9H2,1-2H3. The first-order valence-electron chi connectivity index (χ1n) is 6.42. The molecule has 2 aromatic rings. The molecule has 1 N–H and O–H groups in total. The van der Waals surface area contributed by atoms with Gasteiger partial charge in [0.05, 0.1) is 12.1 Å². The van der Waals surface area contributed by atoms with Crippen LogP contribution in [0.1, 0.15) is 17.5 Å². The Morgan fingerprint density at radius 1 is 1.32 bits per heavy atom. The number of nitrogens with zero attached hydrogens (tertiary/aromatic N) is 2. The molecule has 5 heteroatoms. The number of hydrogen-bond donors (Lipinski definition) is 1. The summed E-state index contributed by atoms with van der Waals surface area (Å²) in [5, 5.41) is 6.70. The van der Waals surface area contributed by atoms with Crippen LogP contribution in [0, 0.1) is 0 Å². The van der Waals surface area contributed by atoms with E-state index in [1.54, 1.807) is 18.4 Å². The molecule has 1 unspecified atom stereocenters. The van der Waals surface area contributed by atoms with Crippen molar-refractivity contribution in [2.75, 3.05) is 13.7 Å². The minimum Gasteiger partial charge on any atom is -0.481 e. The van der Waals surface area contributed by atoms with Crippen LogP contribution in [0.4, 0.5) is 0 Å². The van der Waals surface area contributed by atoms with Gasteiger partial charge in [-0.2, -0.15) is 0 Å². The minimum absolute atomic E-state index is 0.395. The number of ether oxygens (including phenoxy) is 1. The number of aromatic nitrogens is 2. The lowest BCUT2D eigenvalue weighted by Gasteiger charge is -2.16. The van der Waals surface area contributed by atoms with Crippen LogP contribution in [0.5, 0.6) is 5.88 Å². The van der Waals surface area contributed by atoms with Crippen LogP contribution in [0.3, 0.4) is 0 Å². The average Bonchev–Trinajstić information content (AvgIpc) is 2.93. The first-order chi connectivity index (χ1) is 9.31. The van der Waals surface area contributed by atoms with Crippen LogP contribution in [-0.2, 0) is 12.8 Å². The molecule has 4 nitrogen and oxygen atoms in total. The molecule has 0 saturated heterocycles. The van der Waals surface area contributed by atoms with Gasteiger partial charge in [-0.25, -0.2) is 9.97 Å². The number of nitrogens with one attached hydrogen (secondary N) is 1. The lowest BCUT2D eigenvalue weighted by molar-refractivity contribution is 0.397. The van der Waals surface area contributed by atoms with Crippen molar-refractivity contribution in [3.8, 4) is 5.88 Å². The fraction of sp³-hybridized carbons (Fsp3) is 0.429. The van der Waals surface area contributed by atoms with E-state index < -0.39 is 0 Å². The summed E-state index contributed by atoms with van der Waals surface area (Å²) in [6.07, 6.45) is 5.64. The van der Waals surface area contributed by atoms with Crippen molar-refractivity contribution in [2.45, 2.75) is 25.8 Å². The Kier molecular flexibility index (Phi) is 5.30. The molecule has 19 heavy (non-hydrogen) atoms. The van der Waals surface area contributed by atoms with E-state index in [0.717, 1.165) is 19.4 Å². The molecule has 0 aliphatic rings. The Morgan fingerprint density at radius 3 is 2.79 bits per heavy atom. The highest BCUT2D eigenvalue weighted by Gasteiger charge is 2.11. The highest BCUT2D eigenvalue weighted by Crippen LogP contribution is 2.13. The number of rotatable bonds is 7. The Morgan fingerprint density at radius 2 is 2.21 bits per heavy atom. The summed E-state index contributed by atoms with van der Waals surface area (Å²) in [6, 6.07) is 4.37. The summed E-state index contributed by atoms with van der Waals surface area (Å²) in [6.45, 7) is 3.08. The summed E-state index contributed by atoms with van der Waals surface area (Å²) >= 11 is 1.71. The minimum atomic E-state index is 0.395. The summed E-state index contributed by atoms with van der Waals surface area (Å²) < 4.78 is 5.07. The third-order valence-corrected chi connectivity index (χ3v) is 3.69. The fourth-order valence-corrected chi connectivity index (χ4v) is 2.70. The first-order valence-corrected chi connectivity index (χ1v) is 7.30. The van der Waals surface area contributed by atoms with E-state index in [-0.39, 0.29) is 0 Å². The van der Waals surface area contributed by atoms with Gasteiger partial charge in [-0.3, -0.25) is 0 Å². The van der Waals surface area contributed by atoms with Gasteiger partial charge in [0, 0.05) is 36.3 Å². The monoisotopic (exact) mass is 277 g/mol. The molecule has 0 spiro atoms. The highest BCUT2D eigenvalue weighted by atomic mass is 32.1. The van der Waals surface area contributed by atoms with E-state index in [2.05, 4.69) is 28.3 Å². The largest absolute Gasteiger partial charge is 0.481 e. The van der Waals surface area contributed by atoms with Gasteiger partial charge >= 0.3 is 0 Å². The average molecular weight is 277 g/mol. The molecule has 0 radical (unpaired) electrons. The SMILES string of the molecule is CCNC(Cc1ccc(OC)nc1)Cc1nccs1. The number of thiazole rings is 1. The van der Waals surface area contributed by atoms with Gasteiger partial charge in [0.2, 0.25) is 5.88 Å². The van der Waals surface area contributed by atoms with Gasteiger partial charge < -0.3 is 10.1 Å². The molecule has 1 atom stereocenters. The van der Waals surface area contributed by atoms with Crippen molar-refractivity contribution >= 4 is 11.3 Å². The molecule has 0 amide bonds. The molecule has 0 aliphatic heterocycles. The Bertz CT molecular complexity index is 470. The Balaban J connectivity index is 1.98. The maximum absolute atomic E-state index is 5.07. The van der Waals surface area contributed by atoms with Crippen molar-refractivity contribution in [1.29, 1.82) is 0 Å². The van der Waals surface area contributed by atoms with Crippen molar-refractivity contribution in [3.63, 3.8) is 0 Å². The fourth-order valence-electron chi connectivity index (χ4n) is 2.01. The smallest absolute Gasteiger partial charge is 0.212 e. The van der Waals surface area contributed by atoms with Gasteiger partial charge in [0.25, 0.3) is 0 Å². The summed E-state index contributed by atoms with van der Waals surface area (Å²) in [7, 11) is 1.63. The van der Waals surface area contributed by atoms with Gasteiger partial charge in [0.15, 0.2) is 0 Å². The molecule has 2 aromatic heterocycles. The molecule has 0 fully saturated rings. The van der Waals surface area contributed by atoms with Gasteiger partial charge in [-0.05, 0) is 18.5 Å². The third-order valence-electron chi connectivity index (χ3n) is 2.89. The second kappa shape index (κ2) is 7.21. The maximum Gasteiger partial charge on any atom is 0.212 e. The Hall–Kier alpha value is -1.46. The molecule has 0 aliphatic carbocycles. The van der Waals surface area contributed by atoms with Crippen LogP contribution < -0.4 is 10.1 Å². The third kappa shape index (κ3) is 4.29. The highest BCUT2D eigenvalue weighted by molar-refractivity contribution is 7.09. The molecule has 0 aromatic carbocycles. The van der Waals surface area contributed by atoms with E-state index in [4.69, 9.17) is 4.74 Å². The first kappa shape index (κ1) is 14.0. The van der Waals surface area contributed by atoms with Crippen molar-refractivity contribution < 1.29 is 4.74 Å². The zero-order valence-electron chi connectivity index (χ0n) is 11.3. The molecular weight excluding hydrogens is 258 g/mol. The number of methoxy groups -OCH3 is 1. The van der Waals surface area contributed by atoms with Crippen molar-refractivity contribution in [1.82, 2.24) is 15.3 Å². The number of likely N-dealkylation sites (N-methyl/N-ethyl adjacent to an activating group) is 1. The van der Waals surface area contributed by atoms with Gasteiger partial charge in [-0.15, -0.1) is 11.3 Å². The van der Waals surface area contributed by atoms with Crippen LogP contribution >= 0.6 is 11.3 Å². The topological polar surface area (TPSA) is 47.0 Å². The summed E-state index contributed by atoms with van der Waals surface area (Å²) in [5.41, 5.74) is 1.21. The predicted molar refractivity (Wildman–Crippen MR) is 77.8 cm³/mol. The van der Waals surface area contributed by atoms with Crippen molar-refractivity contribution in [3.05, 3.63) is 40.5 Å². The normalized spacial score (nSPS) is 12.3. The lowest BCUT2D eigenvalue weighted by Crippen LogP contribution is -2.33. The van der Waals surface area contributed by atoms with E-state index >= 15 is 0 Å². The molecular formula is C14H19N3OS. The van der Waals surface area contributed by atoms with Crippen LogP contribution in [0.2, 0.25) is 0 Å².